The predicted octanol–water partition coefficient (Wildman–Crippen LogP) is 4.41. The molecule has 0 saturated carbocycles. The summed E-state index contributed by atoms with van der Waals surface area (Å²) in [6, 6.07) is 22.6. The van der Waals surface area contributed by atoms with Gasteiger partial charge in [-0.1, -0.05) is 29.8 Å². The minimum absolute atomic E-state index is 0.153. The Morgan fingerprint density at radius 1 is 0.871 bits per heavy atom. The van der Waals surface area contributed by atoms with Crippen molar-refractivity contribution in [2.24, 2.45) is 0 Å². The van der Waals surface area contributed by atoms with E-state index in [0.29, 0.717) is 22.7 Å². The van der Waals surface area contributed by atoms with Crippen LogP contribution >= 0.6 is 0 Å². The fourth-order valence-corrected chi connectivity index (χ4v) is 3.29. The Morgan fingerprint density at radius 3 is 2.48 bits per heavy atom. The van der Waals surface area contributed by atoms with E-state index in [9.17, 15) is 4.79 Å². The number of carbonyl (C=O) groups excluding carboxylic acids is 1. The van der Waals surface area contributed by atoms with Gasteiger partial charge in [-0.15, -0.1) is 10.2 Å². The number of aromatic nitrogens is 5. The second-order valence-corrected chi connectivity index (χ2v) is 7.15. The lowest BCUT2D eigenvalue weighted by Crippen LogP contribution is -2.11. The van der Waals surface area contributed by atoms with Gasteiger partial charge in [0.1, 0.15) is 0 Å². The Hall–Kier alpha value is -4.39. The van der Waals surface area contributed by atoms with E-state index in [-0.39, 0.29) is 5.91 Å². The van der Waals surface area contributed by atoms with Crippen LogP contribution < -0.4 is 5.32 Å². The predicted molar refractivity (Wildman–Crippen MR) is 119 cm³/mol. The van der Waals surface area contributed by atoms with E-state index in [1.807, 2.05) is 79.7 Å². The summed E-state index contributed by atoms with van der Waals surface area (Å²) in [7, 11) is 0. The van der Waals surface area contributed by atoms with Gasteiger partial charge in [-0.05, 0) is 55.5 Å². The molecule has 31 heavy (non-hydrogen) atoms. The quantitative estimate of drug-likeness (QED) is 0.478. The molecule has 0 radical (unpaired) electrons. The van der Waals surface area contributed by atoms with Crippen molar-refractivity contribution in [2.75, 3.05) is 5.32 Å². The monoisotopic (exact) mass is 406 g/mol. The standard InChI is InChI=1S/C24H18N6O/c1-16-5-7-18(8-6-16)24(31)26-20-4-2-3-19(15-20)21-9-10-22-27-28-23(30(22)29-21)17-11-13-25-14-12-17/h2-15H,1H3,(H,26,31). The van der Waals surface area contributed by atoms with Gasteiger partial charge in [-0.2, -0.15) is 9.61 Å². The molecule has 1 amide bonds. The molecule has 150 valence electrons. The van der Waals surface area contributed by atoms with Crippen LogP contribution in [0, 0.1) is 6.92 Å². The molecule has 0 aliphatic rings. The number of nitrogens with zero attached hydrogens (tertiary/aromatic N) is 5. The molecule has 0 aliphatic heterocycles. The Kier molecular flexibility index (Phi) is 4.68. The summed E-state index contributed by atoms with van der Waals surface area (Å²) in [5, 5.41) is 16.1. The van der Waals surface area contributed by atoms with Crippen molar-refractivity contribution in [3.05, 3.63) is 96.3 Å². The second kappa shape index (κ2) is 7.79. The highest BCUT2D eigenvalue weighted by atomic mass is 16.1. The van der Waals surface area contributed by atoms with Gasteiger partial charge < -0.3 is 5.32 Å². The molecular formula is C24H18N6O. The first-order valence-electron chi connectivity index (χ1n) is 9.79. The van der Waals surface area contributed by atoms with Crippen molar-refractivity contribution < 1.29 is 4.79 Å². The number of aryl methyl sites for hydroxylation is 1. The second-order valence-electron chi connectivity index (χ2n) is 7.15. The van der Waals surface area contributed by atoms with Gasteiger partial charge in [0.05, 0.1) is 5.69 Å². The van der Waals surface area contributed by atoms with E-state index in [2.05, 4.69) is 20.5 Å². The maximum Gasteiger partial charge on any atom is 0.255 e. The van der Waals surface area contributed by atoms with Crippen LogP contribution in [-0.4, -0.2) is 30.7 Å². The zero-order chi connectivity index (χ0) is 21.2. The van der Waals surface area contributed by atoms with E-state index in [1.54, 1.807) is 16.9 Å². The Morgan fingerprint density at radius 2 is 1.68 bits per heavy atom. The largest absolute Gasteiger partial charge is 0.322 e. The minimum atomic E-state index is -0.153. The molecule has 0 saturated heterocycles. The Balaban J connectivity index is 1.46. The fourth-order valence-electron chi connectivity index (χ4n) is 3.29. The van der Waals surface area contributed by atoms with Gasteiger partial charge in [0.2, 0.25) is 0 Å². The van der Waals surface area contributed by atoms with E-state index in [4.69, 9.17) is 5.10 Å². The number of nitrogens with one attached hydrogen (secondary N) is 1. The zero-order valence-electron chi connectivity index (χ0n) is 16.7. The third kappa shape index (κ3) is 3.76. The third-order valence-electron chi connectivity index (χ3n) is 4.93. The number of fused-ring (bicyclic) bond motifs is 1. The Bertz CT molecular complexity index is 1380. The smallest absolute Gasteiger partial charge is 0.255 e. The summed E-state index contributed by atoms with van der Waals surface area (Å²) in [6.45, 7) is 1.99. The van der Waals surface area contributed by atoms with E-state index >= 15 is 0 Å². The van der Waals surface area contributed by atoms with Crippen LogP contribution in [0.2, 0.25) is 0 Å². The lowest BCUT2D eigenvalue weighted by atomic mass is 10.1. The van der Waals surface area contributed by atoms with E-state index < -0.39 is 0 Å². The number of amides is 1. The molecule has 2 aromatic carbocycles. The summed E-state index contributed by atoms with van der Waals surface area (Å²) >= 11 is 0. The van der Waals surface area contributed by atoms with Crippen LogP contribution in [0.4, 0.5) is 5.69 Å². The van der Waals surface area contributed by atoms with Crippen LogP contribution in [-0.2, 0) is 0 Å². The Labute approximate surface area is 178 Å². The molecule has 0 fully saturated rings. The number of hydrogen-bond acceptors (Lipinski definition) is 5. The van der Waals surface area contributed by atoms with Crippen molar-refractivity contribution >= 4 is 17.2 Å². The first kappa shape index (κ1) is 18.6. The SMILES string of the molecule is Cc1ccc(C(=O)Nc2cccc(-c3ccc4nnc(-c5ccncc5)n4n3)c2)cc1. The van der Waals surface area contributed by atoms with Crippen molar-refractivity contribution in [2.45, 2.75) is 6.92 Å². The number of benzene rings is 2. The molecule has 5 aromatic rings. The summed E-state index contributed by atoms with van der Waals surface area (Å²) in [4.78, 5) is 16.6. The minimum Gasteiger partial charge on any atom is -0.322 e. The van der Waals surface area contributed by atoms with Crippen LogP contribution in [0.1, 0.15) is 15.9 Å². The first-order valence-corrected chi connectivity index (χ1v) is 9.79. The molecule has 0 atom stereocenters. The molecule has 5 rings (SSSR count). The maximum absolute atomic E-state index is 12.6. The highest BCUT2D eigenvalue weighted by molar-refractivity contribution is 6.04. The van der Waals surface area contributed by atoms with E-state index in [0.717, 1.165) is 22.4 Å². The van der Waals surface area contributed by atoms with Gasteiger partial charge in [0.25, 0.3) is 5.91 Å². The number of rotatable bonds is 4. The lowest BCUT2D eigenvalue weighted by molar-refractivity contribution is 0.102. The molecule has 0 spiro atoms. The normalized spacial score (nSPS) is 10.9. The molecule has 7 nitrogen and oxygen atoms in total. The van der Waals surface area contributed by atoms with Crippen molar-refractivity contribution in [3.8, 4) is 22.6 Å². The zero-order valence-corrected chi connectivity index (χ0v) is 16.7. The fraction of sp³-hybridized carbons (Fsp3) is 0.0417. The van der Waals surface area contributed by atoms with Crippen LogP contribution in [0.3, 0.4) is 0 Å². The van der Waals surface area contributed by atoms with Gasteiger partial charge in [0, 0.05) is 34.8 Å². The number of anilines is 1. The molecule has 7 heteroatoms. The number of carbonyl (C=O) groups is 1. The topological polar surface area (TPSA) is 85.1 Å². The number of pyridine rings is 1. The van der Waals surface area contributed by atoms with Crippen LogP contribution in [0.5, 0.6) is 0 Å². The molecule has 3 aromatic heterocycles. The lowest BCUT2D eigenvalue weighted by Gasteiger charge is -2.08. The summed E-state index contributed by atoms with van der Waals surface area (Å²) in [5.74, 6) is 0.488. The van der Waals surface area contributed by atoms with Crippen molar-refractivity contribution in [3.63, 3.8) is 0 Å². The van der Waals surface area contributed by atoms with Gasteiger partial charge in [-0.25, -0.2) is 0 Å². The van der Waals surface area contributed by atoms with Gasteiger partial charge in [-0.3, -0.25) is 9.78 Å². The molecule has 0 aliphatic carbocycles. The molecule has 3 heterocycles. The van der Waals surface area contributed by atoms with Crippen molar-refractivity contribution in [1.82, 2.24) is 24.8 Å². The van der Waals surface area contributed by atoms with Crippen molar-refractivity contribution in [1.29, 1.82) is 0 Å². The van der Waals surface area contributed by atoms with Crippen LogP contribution in [0.25, 0.3) is 28.3 Å². The van der Waals surface area contributed by atoms with Crippen LogP contribution in [0.15, 0.2) is 85.2 Å². The summed E-state index contributed by atoms with van der Waals surface area (Å²) in [5.41, 5.74) is 5.57. The number of hydrogen-bond donors (Lipinski definition) is 1. The maximum atomic E-state index is 12.6. The molecule has 0 unspecified atom stereocenters. The third-order valence-corrected chi connectivity index (χ3v) is 4.93. The highest BCUT2D eigenvalue weighted by Gasteiger charge is 2.12. The van der Waals surface area contributed by atoms with Gasteiger partial charge in [0.15, 0.2) is 11.5 Å². The highest BCUT2D eigenvalue weighted by Crippen LogP contribution is 2.23. The molecule has 1 N–H and O–H groups in total. The van der Waals surface area contributed by atoms with E-state index in [1.165, 1.54) is 0 Å². The average molecular weight is 406 g/mol. The van der Waals surface area contributed by atoms with Gasteiger partial charge >= 0.3 is 0 Å². The summed E-state index contributed by atoms with van der Waals surface area (Å²) < 4.78 is 1.71. The average Bonchev–Trinajstić information content (AvgIpc) is 3.23. The first-order chi connectivity index (χ1) is 15.2. The molecular weight excluding hydrogens is 388 g/mol. The molecule has 0 bridgehead atoms. The summed E-state index contributed by atoms with van der Waals surface area (Å²) in [6.07, 6.45) is 3.42.